The van der Waals surface area contributed by atoms with Crippen molar-refractivity contribution in [3.05, 3.63) is 106 Å². The number of ketones is 1. The zero-order valence-electron chi connectivity index (χ0n) is 19.6. The molecule has 0 spiro atoms. The highest BCUT2D eigenvalue weighted by atomic mass is 19.4. The first kappa shape index (κ1) is 28.6. The van der Waals surface area contributed by atoms with Crippen LogP contribution in [0.25, 0.3) is 0 Å². The summed E-state index contributed by atoms with van der Waals surface area (Å²) in [5.41, 5.74) is -4.42. The summed E-state index contributed by atoms with van der Waals surface area (Å²) in [4.78, 5) is 24.8. The van der Waals surface area contributed by atoms with Crippen molar-refractivity contribution in [2.45, 2.75) is 31.2 Å². The van der Waals surface area contributed by atoms with Crippen LogP contribution in [0.2, 0.25) is 0 Å². The number of nitrogens with one attached hydrogen (secondary N) is 2. The van der Waals surface area contributed by atoms with Crippen LogP contribution >= 0.6 is 0 Å². The second-order valence-electron chi connectivity index (χ2n) is 8.47. The number of benzene rings is 3. The molecule has 2 amide bonds. The Morgan fingerprint density at radius 3 is 2.05 bits per heavy atom. The van der Waals surface area contributed by atoms with Gasteiger partial charge in [0, 0.05) is 12.0 Å². The lowest BCUT2D eigenvalue weighted by molar-refractivity contribution is -0.140. The third kappa shape index (κ3) is 6.87. The Hall–Kier alpha value is -3.96. The molecule has 4 nitrogen and oxygen atoms in total. The fourth-order valence-corrected chi connectivity index (χ4v) is 3.93. The van der Waals surface area contributed by atoms with Crippen LogP contribution < -0.4 is 10.6 Å². The number of hydrogen-bond donors (Lipinski definition) is 2. The molecule has 0 saturated carbocycles. The summed E-state index contributed by atoms with van der Waals surface area (Å²) in [5, 5.41) is 3.84. The topological polar surface area (TPSA) is 58.2 Å². The van der Waals surface area contributed by atoms with Crippen LogP contribution in [0.1, 0.15) is 39.5 Å². The van der Waals surface area contributed by atoms with Gasteiger partial charge in [-0.15, -0.1) is 0 Å². The standard InChI is InChI=1S/C26H20F8N2O2/c1-15(37)17-9-19(11-20(27)10-17)24(13-16-5-3-2-4-6-16,36-23(38)35-14-25(29,30)31)18-7-8-22(28)21(12-18)26(32,33)34/h2-12H,13-14H2,1H3,(H2,35,36,38)/t24-/m1/s1. The average Bonchev–Trinajstić information content (AvgIpc) is 2.81. The number of halogens is 8. The van der Waals surface area contributed by atoms with E-state index in [0.717, 1.165) is 31.2 Å². The van der Waals surface area contributed by atoms with Crippen LogP contribution in [-0.2, 0) is 18.1 Å². The lowest BCUT2D eigenvalue weighted by Crippen LogP contribution is -2.53. The highest BCUT2D eigenvalue weighted by Gasteiger charge is 2.41. The summed E-state index contributed by atoms with van der Waals surface area (Å²) in [6.45, 7) is -0.681. The molecule has 0 saturated heterocycles. The van der Waals surface area contributed by atoms with Gasteiger partial charge in [-0.2, -0.15) is 26.3 Å². The van der Waals surface area contributed by atoms with Gasteiger partial charge in [0.1, 0.15) is 18.2 Å². The molecule has 0 fully saturated rings. The van der Waals surface area contributed by atoms with E-state index in [4.69, 9.17) is 0 Å². The van der Waals surface area contributed by atoms with E-state index < -0.39 is 65.4 Å². The molecular formula is C26H20F8N2O2. The molecule has 0 heterocycles. The first-order valence-electron chi connectivity index (χ1n) is 11.0. The molecular weight excluding hydrogens is 524 g/mol. The van der Waals surface area contributed by atoms with E-state index in [1.165, 1.54) is 12.1 Å². The van der Waals surface area contributed by atoms with Crippen molar-refractivity contribution in [3.8, 4) is 0 Å². The highest BCUT2D eigenvalue weighted by Crippen LogP contribution is 2.39. The van der Waals surface area contributed by atoms with E-state index in [2.05, 4.69) is 5.32 Å². The van der Waals surface area contributed by atoms with Gasteiger partial charge in [0.25, 0.3) is 0 Å². The summed E-state index contributed by atoms with van der Waals surface area (Å²) in [6.07, 6.45) is -10.4. The minimum Gasteiger partial charge on any atom is -0.329 e. The predicted octanol–water partition coefficient (Wildman–Crippen LogP) is 6.53. The molecule has 0 aliphatic heterocycles. The molecule has 3 aromatic carbocycles. The molecule has 1 atom stereocenters. The average molecular weight is 544 g/mol. The Bertz CT molecular complexity index is 1320. The molecule has 0 unspecified atom stereocenters. The van der Waals surface area contributed by atoms with Crippen LogP contribution in [0.4, 0.5) is 39.9 Å². The number of carbonyl (C=O) groups excluding carboxylic acids is 2. The molecule has 0 aromatic heterocycles. The molecule has 202 valence electrons. The van der Waals surface area contributed by atoms with Gasteiger partial charge in [-0.3, -0.25) is 4.79 Å². The molecule has 38 heavy (non-hydrogen) atoms. The van der Waals surface area contributed by atoms with E-state index in [0.29, 0.717) is 17.7 Å². The Morgan fingerprint density at radius 1 is 0.816 bits per heavy atom. The Balaban J connectivity index is 2.34. The van der Waals surface area contributed by atoms with Gasteiger partial charge in [0.2, 0.25) is 0 Å². The predicted molar refractivity (Wildman–Crippen MR) is 121 cm³/mol. The maximum atomic E-state index is 14.7. The number of hydrogen-bond acceptors (Lipinski definition) is 2. The van der Waals surface area contributed by atoms with Crippen molar-refractivity contribution >= 4 is 11.8 Å². The van der Waals surface area contributed by atoms with Crippen LogP contribution in [0.3, 0.4) is 0 Å². The maximum Gasteiger partial charge on any atom is 0.419 e. The fourth-order valence-electron chi connectivity index (χ4n) is 3.93. The number of carbonyl (C=O) groups is 2. The zero-order chi connectivity index (χ0) is 28.3. The molecule has 2 N–H and O–H groups in total. The first-order valence-corrected chi connectivity index (χ1v) is 11.0. The Labute approximate surface area is 211 Å². The monoisotopic (exact) mass is 544 g/mol. The van der Waals surface area contributed by atoms with E-state index >= 15 is 0 Å². The van der Waals surface area contributed by atoms with Crippen molar-refractivity contribution in [3.63, 3.8) is 0 Å². The molecule has 0 aliphatic rings. The molecule has 12 heteroatoms. The molecule has 0 radical (unpaired) electrons. The molecule has 3 aromatic rings. The highest BCUT2D eigenvalue weighted by molar-refractivity contribution is 5.94. The number of Topliss-reactive ketones (excluding diaryl/α,β-unsaturated/α-hetero) is 1. The smallest absolute Gasteiger partial charge is 0.329 e. The van der Waals surface area contributed by atoms with Crippen LogP contribution in [0, 0.1) is 11.6 Å². The van der Waals surface area contributed by atoms with Crippen LogP contribution in [0.5, 0.6) is 0 Å². The van der Waals surface area contributed by atoms with Gasteiger partial charge in [-0.1, -0.05) is 36.4 Å². The van der Waals surface area contributed by atoms with Crippen LogP contribution in [0.15, 0.2) is 66.7 Å². The van der Waals surface area contributed by atoms with Crippen molar-refractivity contribution in [1.82, 2.24) is 10.6 Å². The summed E-state index contributed by atoms with van der Waals surface area (Å²) >= 11 is 0. The Morgan fingerprint density at radius 2 is 1.47 bits per heavy atom. The summed E-state index contributed by atoms with van der Waals surface area (Å²) < 4.78 is 108. The van der Waals surface area contributed by atoms with E-state index in [9.17, 15) is 44.7 Å². The summed E-state index contributed by atoms with van der Waals surface area (Å²) in [7, 11) is 0. The second-order valence-corrected chi connectivity index (χ2v) is 8.47. The van der Waals surface area contributed by atoms with E-state index in [-0.39, 0.29) is 11.1 Å². The van der Waals surface area contributed by atoms with Crippen molar-refractivity contribution in [2.24, 2.45) is 0 Å². The van der Waals surface area contributed by atoms with Gasteiger partial charge in [0.15, 0.2) is 5.78 Å². The lowest BCUT2D eigenvalue weighted by Gasteiger charge is -2.37. The van der Waals surface area contributed by atoms with Gasteiger partial charge in [-0.25, -0.2) is 13.6 Å². The molecule has 0 aliphatic carbocycles. The van der Waals surface area contributed by atoms with Gasteiger partial charge in [-0.05, 0) is 53.9 Å². The molecule has 3 rings (SSSR count). The van der Waals surface area contributed by atoms with Gasteiger partial charge in [0.05, 0.1) is 11.1 Å². The third-order valence-corrected chi connectivity index (χ3v) is 5.65. The number of urea groups is 1. The van der Waals surface area contributed by atoms with Gasteiger partial charge >= 0.3 is 18.4 Å². The van der Waals surface area contributed by atoms with Crippen molar-refractivity contribution < 1.29 is 44.7 Å². The third-order valence-electron chi connectivity index (χ3n) is 5.65. The minimum atomic E-state index is -5.18. The SMILES string of the molecule is CC(=O)c1cc(F)cc([C@](Cc2ccccc2)(NC(=O)NCC(F)(F)F)c2ccc(F)c(C(F)(F)F)c2)c1. The maximum absolute atomic E-state index is 14.7. The van der Waals surface area contributed by atoms with Gasteiger partial charge < -0.3 is 10.6 Å². The summed E-state index contributed by atoms with van der Waals surface area (Å²) in [6, 6.07) is 10.9. The zero-order valence-corrected chi connectivity index (χ0v) is 19.6. The number of amides is 2. The first-order chi connectivity index (χ1) is 17.6. The molecule has 0 bridgehead atoms. The van der Waals surface area contributed by atoms with Crippen molar-refractivity contribution in [1.29, 1.82) is 0 Å². The number of rotatable bonds is 7. The van der Waals surface area contributed by atoms with E-state index in [1.54, 1.807) is 23.5 Å². The van der Waals surface area contributed by atoms with Crippen molar-refractivity contribution in [2.75, 3.05) is 6.54 Å². The lowest BCUT2D eigenvalue weighted by atomic mass is 9.76. The number of alkyl halides is 6. The summed E-state index contributed by atoms with van der Waals surface area (Å²) in [5.74, 6) is -3.27. The second kappa shape index (κ2) is 10.8. The normalized spacial score (nSPS) is 13.5. The fraction of sp³-hybridized carbons (Fsp3) is 0.231. The largest absolute Gasteiger partial charge is 0.419 e. The minimum absolute atomic E-state index is 0.215. The van der Waals surface area contributed by atoms with E-state index in [1.807, 2.05) is 0 Å². The Kier molecular flexibility index (Phi) is 8.13. The van der Waals surface area contributed by atoms with Crippen LogP contribution in [-0.4, -0.2) is 24.5 Å². The quantitative estimate of drug-likeness (QED) is 0.262.